The maximum atomic E-state index is 12.6. The fourth-order valence-electron chi connectivity index (χ4n) is 2.01. The van der Waals surface area contributed by atoms with Crippen LogP contribution in [0.5, 0.6) is 0 Å². The molecule has 0 spiro atoms. The van der Waals surface area contributed by atoms with Crippen molar-refractivity contribution in [2.75, 3.05) is 5.75 Å². The van der Waals surface area contributed by atoms with Crippen molar-refractivity contribution in [3.8, 4) is 0 Å². The maximum absolute atomic E-state index is 12.6. The summed E-state index contributed by atoms with van der Waals surface area (Å²) in [6, 6.07) is 9.75. The van der Waals surface area contributed by atoms with Gasteiger partial charge in [0.25, 0.3) is 0 Å². The molecule has 0 radical (unpaired) electrons. The van der Waals surface area contributed by atoms with E-state index in [2.05, 4.69) is 5.32 Å². The molecular formula is C16H13ClF3NO3S. The lowest BCUT2D eigenvalue weighted by Gasteiger charge is -2.10. The van der Waals surface area contributed by atoms with Crippen LogP contribution >= 0.6 is 11.6 Å². The largest absolute Gasteiger partial charge is 0.416 e. The van der Waals surface area contributed by atoms with E-state index in [9.17, 15) is 26.4 Å². The van der Waals surface area contributed by atoms with Crippen molar-refractivity contribution in [2.45, 2.75) is 17.6 Å². The van der Waals surface area contributed by atoms with E-state index in [4.69, 9.17) is 11.6 Å². The van der Waals surface area contributed by atoms with E-state index in [1.54, 1.807) is 0 Å². The first-order valence-electron chi connectivity index (χ1n) is 6.99. The zero-order chi connectivity index (χ0) is 18.7. The van der Waals surface area contributed by atoms with Gasteiger partial charge in [-0.1, -0.05) is 23.7 Å². The number of carbonyl (C=O) groups excluding carboxylic acids is 1. The number of nitrogens with one attached hydrogen (secondary N) is 1. The first-order valence-corrected chi connectivity index (χ1v) is 9.02. The van der Waals surface area contributed by atoms with Gasteiger partial charge in [0.2, 0.25) is 5.91 Å². The zero-order valence-electron chi connectivity index (χ0n) is 12.7. The van der Waals surface area contributed by atoms with Crippen molar-refractivity contribution in [3.63, 3.8) is 0 Å². The molecule has 4 nitrogen and oxygen atoms in total. The van der Waals surface area contributed by atoms with Gasteiger partial charge in [-0.25, -0.2) is 8.42 Å². The van der Waals surface area contributed by atoms with Crippen LogP contribution in [0.1, 0.15) is 11.1 Å². The number of rotatable bonds is 5. The summed E-state index contributed by atoms with van der Waals surface area (Å²) in [5, 5.41) is 2.66. The van der Waals surface area contributed by atoms with Crippen LogP contribution in [0.3, 0.4) is 0 Å². The molecule has 0 atom stereocenters. The molecular weight excluding hydrogens is 379 g/mol. The van der Waals surface area contributed by atoms with Crippen molar-refractivity contribution in [1.29, 1.82) is 0 Å². The monoisotopic (exact) mass is 391 g/mol. The Bertz CT molecular complexity index is 865. The minimum absolute atomic E-state index is 0.0638. The van der Waals surface area contributed by atoms with E-state index in [1.165, 1.54) is 36.4 Å². The molecule has 0 unspecified atom stereocenters. The highest BCUT2D eigenvalue weighted by molar-refractivity contribution is 7.92. The average Bonchev–Trinajstić information content (AvgIpc) is 2.52. The van der Waals surface area contributed by atoms with Crippen molar-refractivity contribution in [2.24, 2.45) is 0 Å². The number of hydrogen-bond donors (Lipinski definition) is 1. The summed E-state index contributed by atoms with van der Waals surface area (Å²) in [7, 11) is -3.86. The Morgan fingerprint density at radius 3 is 2.32 bits per heavy atom. The van der Waals surface area contributed by atoms with Gasteiger partial charge in [0, 0.05) is 11.6 Å². The second kappa shape index (κ2) is 7.45. The molecule has 2 rings (SSSR count). The van der Waals surface area contributed by atoms with Crippen LogP contribution < -0.4 is 5.32 Å². The van der Waals surface area contributed by atoms with Crippen molar-refractivity contribution in [1.82, 2.24) is 5.32 Å². The van der Waals surface area contributed by atoms with E-state index >= 15 is 0 Å². The average molecular weight is 392 g/mol. The van der Waals surface area contributed by atoms with Crippen molar-refractivity contribution >= 4 is 27.3 Å². The molecule has 25 heavy (non-hydrogen) atoms. The molecule has 0 aromatic heterocycles. The number of halogens is 4. The fourth-order valence-corrected chi connectivity index (χ4v) is 3.30. The van der Waals surface area contributed by atoms with Gasteiger partial charge in [-0.05, 0) is 42.0 Å². The Morgan fingerprint density at radius 1 is 1.08 bits per heavy atom. The van der Waals surface area contributed by atoms with Crippen LogP contribution in [0.25, 0.3) is 0 Å². The SMILES string of the molecule is O=C(CS(=O)(=O)c1ccc(Cl)cc1)NCc1cccc(C(F)(F)F)c1. The van der Waals surface area contributed by atoms with E-state index in [0.29, 0.717) is 5.02 Å². The van der Waals surface area contributed by atoms with Gasteiger partial charge in [0.15, 0.2) is 9.84 Å². The number of sulfone groups is 1. The van der Waals surface area contributed by atoms with Gasteiger partial charge >= 0.3 is 6.18 Å². The molecule has 1 amide bonds. The number of amides is 1. The molecule has 134 valence electrons. The molecule has 0 fully saturated rings. The standard InChI is InChI=1S/C16H13ClF3NO3S/c17-13-4-6-14(7-5-13)25(23,24)10-15(22)21-9-11-2-1-3-12(8-11)16(18,19)20/h1-8H,9-10H2,(H,21,22). The van der Waals surface area contributed by atoms with Gasteiger partial charge in [-0.3, -0.25) is 4.79 Å². The highest BCUT2D eigenvalue weighted by Crippen LogP contribution is 2.29. The Hall–Kier alpha value is -2.06. The van der Waals surface area contributed by atoms with Crippen LogP contribution in [-0.4, -0.2) is 20.1 Å². The molecule has 0 saturated heterocycles. The number of alkyl halides is 3. The van der Waals surface area contributed by atoms with E-state index in [1.807, 2.05) is 0 Å². The third-order valence-electron chi connectivity index (χ3n) is 3.24. The first kappa shape index (κ1) is 19.3. The molecule has 2 aromatic carbocycles. The summed E-state index contributed by atoms with van der Waals surface area (Å²) in [6.45, 7) is -0.209. The lowest BCUT2D eigenvalue weighted by Crippen LogP contribution is -2.30. The van der Waals surface area contributed by atoms with Gasteiger partial charge in [0.05, 0.1) is 10.5 Å². The van der Waals surface area contributed by atoms with Gasteiger partial charge in [-0.15, -0.1) is 0 Å². The minimum Gasteiger partial charge on any atom is -0.351 e. The van der Waals surface area contributed by atoms with Crippen LogP contribution in [0, 0.1) is 0 Å². The fraction of sp³-hybridized carbons (Fsp3) is 0.188. The minimum atomic E-state index is -4.49. The summed E-state index contributed by atoms with van der Waals surface area (Å²) in [4.78, 5) is 11.8. The van der Waals surface area contributed by atoms with Crippen LogP contribution in [-0.2, 0) is 27.4 Å². The summed E-state index contributed by atoms with van der Waals surface area (Å²) < 4.78 is 62.1. The van der Waals surface area contributed by atoms with Crippen molar-refractivity contribution < 1.29 is 26.4 Å². The van der Waals surface area contributed by atoms with Gasteiger partial charge in [-0.2, -0.15) is 13.2 Å². The second-order valence-electron chi connectivity index (χ2n) is 5.19. The maximum Gasteiger partial charge on any atom is 0.416 e. The van der Waals surface area contributed by atoms with Crippen LogP contribution in [0.4, 0.5) is 13.2 Å². The Balaban J connectivity index is 2.00. The molecule has 2 aromatic rings. The smallest absolute Gasteiger partial charge is 0.351 e. The summed E-state index contributed by atoms with van der Waals surface area (Å²) in [5.41, 5.74) is -0.625. The van der Waals surface area contributed by atoms with Gasteiger partial charge < -0.3 is 5.32 Å². The predicted molar refractivity (Wildman–Crippen MR) is 86.8 cm³/mol. The topological polar surface area (TPSA) is 63.2 Å². The molecule has 0 bridgehead atoms. The highest BCUT2D eigenvalue weighted by Gasteiger charge is 2.30. The number of carbonyl (C=O) groups is 1. The second-order valence-corrected chi connectivity index (χ2v) is 7.61. The third-order valence-corrected chi connectivity index (χ3v) is 5.12. The lowest BCUT2D eigenvalue weighted by atomic mass is 10.1. The Labute approximate surface area is 147 Å². The highest BCUT2D eigenvalue weighted by atomic mass is 35.5. The zero-order valence-corrected chi connectivity index (χ0v) is 14.3. The lowest BCUT2D eigenvalue weighted by molar-refractivity contribution is -0.137. The third kappa shape index (κ3) is 5.47. The van der Waals surface area contributed by atoms with E-state index in [0.717, 1.165) is 12.1 Å². The van der Waals surface area contributed by atoms with E-state index < -0.39 is 33.2 Å². The summed E-state index contributed by atoms with van der Waals surface area (Å²) in [6.07, 6.45) is -4.49. The molecule has 0 aliphatic rings. The van der Waals surface area contributed by atoms with Crippen molar-refractivity contribution in [3.05, 3.63) is 64.7 Å². The van der Waals surface area contributed by atoms with E-state index in [-0.39, 0.29) is 17.0 Å². The Morgan fingerprint density at radius 2 is 1.72 bits per heavy atom. The summed E-state index contributed by atoms with van der Waals surface area (Å²) in [5.74, 6) is -1.62. The molecule has 0 saturated carbocycles. The number of benzene rings is 2. The normalized spacial score (nSPS) is 12.0. The predicted octanol–water partition coefficient (Wildman–Crippen LogP) is 3.45. The molecule has 0 aliphatic heterocycles. The first-order chi connectivity index (χ1) is 11.6. The Kier molecular flexibility index (Phi) is 5.74. The number of hydrogen-bond acceptors (Lipinski definition) is 3. The van der Waals surface area contributed by atoms with Crippen LogP contribution in [0.2, 0.25) is 5.02 Å². The molecule has 0 heterocycles. The molecule has 1 N–H and O–H groups in total. The summed E-state index contributed by atoms with van der Waals surface area (Å²) >= 11 is 5.68. The quantitative estimate of drug-likeness (QED) is 0.849. The van der Waals surface area contributed by atoms with Crippen LogP contribution in [0.15, 0.2) is 53.4 Å². The van der Waals surface area contributed by atoms with Gasteiger partial charge in [0.1, 0.15) is 5.75 Å². The molecule has 9 heteroatoms. The molecule has 0 aliphatic carbocycles.